The Morgan fingerprint density at radius 3 is 2.83 bits per heavy atom. The maximum atomic E-state index is 7.94. The Hall–Kier alpha value is -1.84. The van der Waals surface area contributed by atoms with Crippen LogP contribution in [-0.2, 0) is 6.42 Å². The second-order valence-electron chi connectivity index (χ2n) is 4.64. The molecule has 0 amide bonds. The lowest BCUT2D eigenvalue weighted by Crippen LogP contribution is -2.21. The highest BCUT2D eigenvalue weighted by molar-refractivity contribution is 5.98. The fourth-order valence-corrected chi connectivity index (χ4v) is 1.82. The monoisotopic (exact) mass is 245 g/mol. The molecule has 4 nitrogen and oxygen atoms in total. The van der Waals surface area contributed by atoms with Crippen LogP contribution in [0, 0.1) is 5.41 Å². The summed E-state index contributed by atoms with van der Waals surface area (Å²) in [6.45, 7) is 2.15. The summed E-state index contributed by atoms with van der Waals surface area (Å²) in [7, 11) is 3.73. The predicted octanol–water partition coefficient (Wildman–Crippen LogP) is 3.06. The number of amidine groups is 1. The molecule has 0 radical (unpaired) electrons. The average molecular weight is 245 g/mol. The van der Waals surface area contributed by atoms with Gasteiger partial charge in [0.2, 0.25) is 0 Å². The Labute approximate surface area is 107 Å². The molecule has 0 atom stereocenters. The third-order valence-corrected chi connectivity index (χ3v) is 2.90. The van der Waals surface area contributed by atoms with Crippen LogP contribution < -0.4 is 0 Å². The van der Waals surface area contributed by atoms with Gasteiger partial charge in [0.1, 0.15) is 11.4 Å². The fourth-order valence-electron chi connectivity index (χ4n) is 1.82. The molecular weight excluding hydrogens is 226 g/mol. The molecule has 0 aliphatic rings. The molecule has 0 spiro atoms. The van der Waals surface area contributed by atoms with Gasteiger partial charge in [0.05, 0.1) is 0 Å². The van der Waals surface area contributed by atoms with E-state index < -0.39 is 0 Å². The molecule has 0 unspecified atom stereocenters. The van der Waals surface area contributed by atoms with Crippen molar-refractivity contribution in [3.05, 3.63) is 29.7 Å². The summed E-state index contributed by atoms with van der Waals surface area (Å²) in [6.07, 6.45) is 3.11. The van der Waals surface area contributed by atoms with E-state index in [0.717, 1.165) is 41.8 Å². The first kappa shape index (κ1) is 12.6. The standard InChI is InChI=1S/C14H19N3O/c1-4-5-6-13-16-11-9-10(14(15)17(2)3)7-8-12(11)18-13/h7-9,15H,4-6H2,1-3H3. The summed E-state index contributed by atoms with van der Waals surface area (Å²) in [5, 5.41) is 7.94. The number of fused-ring (bicyclic) bond motifs is 1. The predicted molar refractivity (Wildman–Crippen MR) is 73.1 cm³/mol. The minimum atomic E-state index is 0.481. The summed E-state index contributed by atoms with van der Waals surface area (Å²) in [5.74, 6) is 1.27. The van der Waals surface area contributed by atoms with Gasteiger partial charge in [0.15, 0.2) is 11.5 Å². The topological polar surface area (TPSA) is 53.1 Å². The summed E-state index contributed by atoms with van der Waals surface area (Å²) in [4.78, 5) is 6.25. The zero-order valence-electron chi connectivity index (χ0n) is 11.2. The van der Waals surface area contributed by atoms with Gasteiger partial charge < -0.3 is 9.32 Å². The van der Waals surface area contributed by atoms with Crippen molar-refractivity contribution in [2.75, 3.05) is 14.1 Å². The highest BCUT2D eigenvalue weighted by Crippen LogP contribution is 2.19. The summed E-state index contributed by atoms with van der Waals surface area (Å²) < 4.78 is 5.67. The molecule has 0 aliphatic heterocycles. The van der Waals surface area contributed by atoms with Crippen LogP contribution in [0.2, 0.25) is 0 Å². The van der Waals surface area contributed by atoms with E-state index in [0.29, 0.717) is 5.84 Å². The largest absolute Gasteiger partial charge is 0.441 e. The van der Waals surface area contributed by atoms with Crippen LogP contribution in [0.5, 0.6) is 0 Å². The highest BCUT2D eigenvalue weighted by Gasteiger charge is 2.09. The van der Waals surface area contributed by atoms with Crippen molar-refractivity contribution in [1.82, 2.24) is 9.88 Å². The van der Waals surface area contributed by atoms with E-state index in [9.17, 15) is 0 Å². The van der Waals surface area contributed by atoms with Crippen molar-refractivity contribution in [2.24, 2.45) is 0 Å². The van der Waals surface area contributed by atoms with Gasteiger partial charge in [-0.2, -0.15) is 0 Å². The van der Waals surface area contributed by atoms with Gasteiger partial charge in [0, 0.05) is 26.1 Å². The zero-order chi connectivity index (χ0) is 13.1. The molecule has 0 aliphatic carbocycles. The number of hydrogen-bond donors (Lipinski definition) is 1. The molecule has 1 N–H and O–H groups in total. The maximum Gasteiger partial charge on any atom is 0.195 e. The number of nitrogens with zero attached hydrogens (tertiary/aromatic N) is 2. The third-order valence-electron chi connectivity index (χ3n) is 2.90. The minimum Gasteiger partial charge on any atom is -0.441 e. The Bertz CT molecular complexity index is 557. The smallest absolute Gasteiger partial charge is 0.195 e. The van der Waals surface area contributed by atoms with Crippen LogP contribution in [0.25, 0.3) is 11.1 Å². The lowest BCUT2D eigenvalue weighted by atomic mass is 10.2. The van der Waals surface area contributed by atoms with Crippen molar-refractivity contribution in [2.45, 2.75) is 26.2 Å². The molecule has 1 aromatic carbocycles. The molecule has 96 valence electrons. The first-order chi connectivity index (χ1) is 8.61. The molecule has 4 heteroatoms. The average Bonchev–Trinajstić information content (AvgIpc) is 2.76. The van der Waals surface area contributed by atoms with Crippen LogP contribution >= 0.6 is 0 Å². The summed E-state index contributed by atoms with van der Waals surface area (Å²) >= 11 is 0. The fraction of sp³-hybridized carbons (Fsp3) is 0.429. The van der Waals surface area contributed by atoms with Gasteiger partial charge in [-0.3, -0.25) is 5.41 Å². The molecule has 1 heterocycles. The van der Waals surface area contributed by atoms with Gasteiger partial charge in [-0.05, 0) is 24.6 Å². The number of hydrogen-bond acceptors (Lipinski definition) is 3. The number of aromatic nitrogens is 1. The van der Waals surface area contributed by atoms with Crippen molar-refractivity contribution in [1.29, 1.82) is 5.41 Å². The van der Waals surface area contributed by atoms with Crippen molar-refractivity contribution >= 4 is 16.9 Å². The van der Waals surface area contributed by atoms with E-state index in [1.165, 1.54) is 0 Å². The van der Waals surface area contributed by atoms with E-state index in [4.69, 9.17) is 9.83 Å². The molecule has 1 aromatic heterocycles. The van der Waals surface area contributed by atoms with E-state index in [1.54, 1.807) is 4.90 Å². The minimum absolute atomic E-state index is 0.481. The van der Waals surface area contributed by atoms with Crippen molar-refractivity contribution in [3.63, 3.8) is 0 Å². The molecule has 0 bridgehead atoms. The van der Waals surface area contributed by atoms with Crippen LogP contribution in [0.4, 0.5) is 0 Å². The zero-order valence-corrected chi connectivity index (χ0v) is 11.2. The maximum absolute atomic E-state index is 7.94. The number of rotatable bonds is 4. The van der Waals surface area contributed by atoms with Gasteiger partial charge in [0.25, 0.3) is 0 Å². The van der Waals surface area contributed by atoms with Crippen LogP contribution in [0.1, 0.15) is 31.2 Å². The molecule has 0 saturated carbocycles. The number of aryl methyl sites for hydroxylation is 1. The molecule has 2 aromatic rings. The Morgan fingerprint density at radius 2 is 2.17 bits per heavy atom. The van der Waals surface area contributed by atoms with Crippen LogP contribution in [-0.4, -0.2) is 29.8 Å². The molecule has 0 saturated heterocycles. The van der Waals surface area contributed by atoms with Gasteiger partial charge in [-0.1, -0.05) is 13.3 Å². The van der Waals surface area contributed by atoms with E-state index in [2.05, 4.69) is 11.9 Å². The Kier molecular flexibility index (Phi) is 3.65. The SMILES string of the molecule is CCCCc1nc2cc(C(=N)N(C)C)ccc2o1. The van der Waals surface area contributed by atoms with Gasteiger partial charge in [-0.15, -0.1) is 0 Å². The van der Waals surface area contributed by atoms with E-state index in [1.807, 2.05) is 32.3 Å². The van der Waals surface area contributed by atoms with E-state index in [-0.39, 0.29) is 0 Å². The number of unbranched alkanes of at least 4 members (excludes halogenated alkanes) is 1. The lowest BCUT2D eigenvalue weighted by molar-refractivity contribution is 0.517. The normalized spacial score (nSPS) is 10.8. The number of benzene rings is 1. The number of oxazole rings is 1. The first-order valence-electron chi connectivity index (χ1n) is 6.27. The summed E-state index contributed by atoms with van der Waals surface area (Å²) in [5.41, 5.74) is 2.50. The molecule has 2 rings (SSSR count). The molecule has 18 heavy (non-hydrogen) atoms. The van der Waals surface area contributed by atoms with E-state index >= 15 is 0 Å². The molecular formula is C14H19N3O. The van der Waals surface area contributed by atoms with Crippen LogP contribution in [0.3, 0.4) is 0 Å². The second kappa shape index (κ2) is 5.21. The van der Waals surface area contributed by atoms with Crippen molar-refractivity contribution < 1.29 is 4.42 Å². The molecule has 0 fully saturated rings. The summed E-state index contributed by atoms with van der Waals surface area (Å²) in [6, 6.07) is 5.71. The Morgan fingerprint density at radius 1 is 1.39 bits per heavy atom. The lowest BCUT2D eigenvalue weighted by Gasteiger charge is -2.12. The third kappa shape index (κ3) is 2.53. The van der Waals surface area contributed by atoms with Gasteiger partial charge >= 0.3 is 0 Å². The number of nitrogens with one attached hydrogen (secondary N) is 1. The first-order valence-corrected chi connectivity index (χ1v) is 6.27. The van der Waals surface area contributed by atoms with Gasteiger partial charge in [-0.25, -0.2) is 4.98 Å². The van der Waals surface area contributed by atoms with Crippen LogP contribution in [0.15, 0.2) is 22.6 Å². The Balaban J connectivity index is 2.30. The van der Waals surface area contributed by atoms with Crippen molar-refractivity contribution in [3.8, 4) is 0 Å². The second-order valence-corrected chi connectivity index (χ2v) is 4.64. The quantitative estimate of drug-likeness (QED) is 0.665. The highest BCUT2D eigenvalue weighted by atomic mass is 16.3.